The minimum Gasteiger partial charge on any atom is -0.477 e. The maximum absolute atomic E-state index is 10.8. The van der Waals surface area contributed by atoms with Gasteiger partial charge in [-0.25, -0.2) is 14.8 Å². The number of nitrogens with one attached hydrogen (secondary N) is 1. The maximum atomic E-state index is 10.8. The fourth-order valence-corrected chi connectivity index (χ4v) is 1.91. The van der Waals surface area contributed by atoms with Crippen molar-refractivity contribution < 1.29 is 9.90 Å². The van der Waals surface area contributed by atoms with Crippen LogP contribution in [0.4, 0.5) is 5.95 Å². The van der Waals surface area contributed by atoms with Crippen LogP contribution in [-0.4, -0.2) is 27.6 Å². The normalized spacial score (nSPS) is 11.8. The van der Waals surface area contributed by atoms with Crippen molar-refractivity contribution in [3.63, 3.8) is 0 Å². The van der Waals surface area contributed by atoms with E-state index in [1.165, 1.54) is 17.8 Å². The first kappa shape index (κ1) is 14.0. The van der Waals surface area contributed by atoms with Crippen LogP contribution in [0, 0.1) is 0 Å². The summed E-state index contributed by atoms with van der Waals surface area (Å²) in [5, 5.41) is 11.9. The van der Waals surface area contributed by atoms with E-state index in [-0.39, 0.29) is 5.69 Å². The quantitative estimate of drug-likeness (QED) is 0.845. The number of carboxylic acid groups (broad SMARTS) is 1. The van der Waals surface area contributed by atoms with Crippen molar-refractivity contribution in [3.05, 3.63) is 53.9 Å². The molecule has 1 atom stereocenters. The van der Waals surface area contributed by atoms with Crippen molar-refractivity contribution in [3.8, 4) is 0 Å². The number of aromatic carboxylic acids is 1. The zero-order chi connectivity index (χ0) is 14.4. The number of hydrogen-bond donors (Lipinski definition) is 2. The van der Waals surface area contributed by atoms with Crippen molar-refractivity contribution in [1.29, 1.82) is 0 Å². The van der Waals surface area contributed by atoms with Gasteiger partial charge in [-0.1, -0.05) is 37.3 Å². The molecule has 0 aliphatic heterocycles. The summed E-state index contributed by atoms with van der Waals surface area (Å²) in [7, 11) is 0. The number of benzene rings is 1. The predicted molar refractivity (Wildman–Crippen MR) is 77.0 cm³/mol. The lowest BCUT2D eigenvalue weighted by atomic mass is 9.98. The van der Waals surface area contributed by atoms with E-state index < -0.39 is 5.97 Å². The number of anilines is 1. The van der Waals surface area contributed by atoms with Gasteiger partial charge in [0.15, 0.2) is 5.69 Å². The molecule has 1 heterocycles. The molecule has 0 saturated heterocycles. The molecule has 0 radical (unpaired) electrons. The minimum absolute atomic E-state index is 0.00129. The highest BCUT2D eigenvalue weighted by molar-refractivity contribution is 5.85. The van der Waals surface area contributed by atoms with Gasteiger partial charge < -0.3 is 10.4 Å². The van der Waals surface area contributed by atoms with Crippen molar-refractivity contribution in [2.75, 3.05) is 11.9 Å². The summed E-state index contributed by atoms with van der Waals surface area (Å²) in [6, 6.07) is 11.6. The average Bonchev–Trinajstić information content (AvgIpc) is 2.48. The number of carboxylic acids is 1. The third-order valence-corrected chi connectivity index (χ3v) is 3.10. The van der Waals surface area contributed by atoms with Crippen LogP contribution in [0.2, 0.25) is 0 Å². The molecule has 5 nitrogen and oxygen atoms in total. The van der Waals surface area contributed by atoms with Crippen LogP contribution < -0.4 is 5.32 Å². The molecular formula is C15H17N3O2. The van der Waals surface area contributed by atoms with Crippen molar-refractivity contribution in [2.24, 2.45) is 0 Å². The second kappa shape index (κ2) is 6.65. The summed E-state index contributed by atoms with van der Waals surface area (Å²) in [5.41, 5.74) is 1.29. The molecule has 104 valence electrons. The third kappa shape index (κ3) is 3.78. The van der Waals surface area contributed by atoms with E-state index in [9.17, 15) is 4.79 Å². The van der Waals surface area contributed by atoms with E-state index in [1.54, 1.807) is 0 Å². The van der Waals surface area contributed by atoms with Crippen LogP contribution in [0.1, 0.15) is 35.3 Å². The molecule has 20 heavy (non-hydrogen) atoms. The van der Waals surface area contributed by atoms with Crippen LogP contribution in [0.3, 0.4) is 0 Å². The van der Waals surface area contributed by atoms with E-state index in [0.717, 1.165) is 6.42 Å². The number of rotatable bonds is 6. The Bertz CT molecular complexity index is 572. The van der Waals surface area contributed by atoms with Gasteiger partial charge in [-0.3, -0.25) is 0 Å². The fraction of sp³-hybridized carbons (Fsp3) is 0.267. The minimum atomic E-state index is -1.05. The van der Waals surface area contributed by atoms with Gasteiger partial charge in [0.2, 0.25) is 5.95 Å². The Morgan fingerprint density at radius 2 is 2.05 bits per heavy atom. The van der Waals surface area contributed by atoms with E-state index in [1.807, 2.05) is 18.2 Å². The van der Waals surface area contributed by atoms with Crippen LogP contribution in [-0.2, 0) is 0 Å². The Labute approximate surface area is 117 Å². The van der Waals surface area contributed by atoms with E-state index >= 15 is 0 Å². The first-order valence-corrected chi connectivity index (χ1v) is 6.52. The maximum Gasteiger partial charge on any atom is 0.354 e. The molecule has 0 spiro atoms. The smallest absolute Gasteiger partial charge is 0.354 e. The number of aromatic nitrogens is 2. The lowest BCUT2D eigenvalue weighted by molar-refractivity contribution is 0.0690. The SMILES string of the molecule is CC(CCNc1nccc(C(=O)O)n1)c1ccccc1. The fourth-order valence-electron chi connectivity index (χ4n) is 1.91. The summed E-state index contributed by atoms with van der Waals surface area (Å²) in [5.74, 6) is -0.273. The van der Waals surface area contributed by atoms with Gasteiger partial charge in [-0.05, 0) is 24.0 Å². The third-order valence-electron chi connectivity index (χ3n) is 3.10. The number of hydrogen-bond acceptors (Lipinski definition) is 4. The molecular weight excluding hydrogens is 254 g/mol. The number of carbonyl (C=O) groups is 1. The molecule has 1 aromatic carbocycles. The van der Waals surface area contributed by atoms with Crippen LogP contribution in [0.15, 0.2) is 42.6 Å². The van der Waals surface area contributed by atoms with E-state index in [4.69, 9.17) is 5.11 Å². The van der Waals surface area contributed by atoms with Crippen LogP contribution in [0.5, 0.6) is 0 Å². The second-order valence-electron chi connectivity index (χ2n) is 4.60. The van der Waals surface area contributed by atoms with Gasteiger partial charge in [0.1, 0.15) is 0 Å². The molecule has 5 heteroatoms. The zero-order valence-corrected chi connectivity index (χ0v) is 11.3. The number of nitrogens with zero attached hydrogens (tertiary/aromatic N) is 2. The first-order valence-electron chi connectivity index (χ1n) is 6.52. The molecule has 2 N–H and O–H groups in total. The lowest BCUT2D eigenvalue weighted by Crippen LogP contribution is -2.10. The van der Waals surface area contributed by atoms with E-state index in [2.05, 4.69) is 34.3 Å². The Morgan fingerprint density at radius 3 is 2.75 bits per heavy atom. The van der Waals surface area contributed by atoms with Crippen molar-refractivity contribution in [1.82, 2.24) is 9.97 Å². The standard InChI is InChI=1S/C15H17N3O2/c1-11(12-5-3-2-4-6-12)7-9-16-15-17-10-8-13(18-15)14(19)20/h2-6,8,10-11H,7,9H2,1H3,(H,19,20)(H,16,17,18). The average molecular weight is 271 g/mol. The van der Waals surface area contributed by atoms with Gasteiger partial charge in [0.25, 0.3) is 0 Å². The summed E-state index contributed by atoms with van der Waals surface area (Å²) < 4.78 is 0. The summed E-state index contributed by atoms with van der Waals surface area (Å²) in [4.78, 5) is 18.7. The van der Waals surface area contributed by atoms with E-state index in [0.29, 0.717) is 18.4 Å². The van der Waals surface area contributed by atoms with Crippen LogP contribution in [0.25, 0.3) is 0 Å². The summed E-state index contributed by atoms with van der Waals surface area (Å²) in [6.07, 6.45) is 2.37. The molecule has 0 saturated carbocycles. The first-order chi connectivity index (χ1) is 9.66. The molecule has 0 aliphatic carbocycles. The molecule has 1 unspecified atom stereocenters. The Morgan fingerprint density at radius 1 is 1.30 bits per heavy atom. The largest absolute Gasteiger partial charge is 0.477 e. The molecule has 0 aliphatic rings. The van der Waals surface area contributed by atoms with Gasteiger partial charge in [-0.2, -0.15) is 0 Å². The molecule has 2 rings (SSSR count). The molecule has 2 aromatic rings. The molecule has 1 aromatic heterocycles. The monoisotopic (exact) mass is 271 g/mol. The second-order valence-corrected chi connectivity index (χ2v) is 4.60. The van der Waals surface area contributed by atoms with Crippen LogP contribution >= 0.6 is 0 Å². The highest BCUT2D eigenvalue weighted by Gasteiger charge is 2.07. The van der Waals surface area contributed by atoms with Gasteiger partial charge in [0.05, 0.1) is 0 Å². The predicted octanol–water partition coefficient (Wildman–Crippen LogP) is 2.78. The Kier molecular flexibility index (Phi) is 4.65. The Balaban J connectivity index is 1.87. The van der Waals surface area contributed by atoms with Crippen molar-refractivity contribution >= 4 is 11.9 Å². The molecule has 0 amide bonds. The zero-order valence-electron chi connectivity index (χ0n) is 11.3. The van der Waals surface area contributed by atoms with Crippen molar-refractivity contribution in [2.45, 2.75) is 19.3 Å². The molecule has 0 bridgehead atoms. The lowest BCUT2D eigenvalue weighted by Gasteiger charge is -2.12. The highest BCUT2D eigenvalue weighted by Crippen LogP contribution is 2.18. The topological polar surface area (TPSA) is 75.1 Å². The Hall–Kier alpha value is -2.43. The van der Waals surface area contributed by atoms with Gasteiger partial charge in [-0.15, -0.1) is 0 Å². The summed E-state index contributed by atoms with van der Waals surface area (Å²) >= 11 is 0. The summed E-state index contributed by atoms with van der Waals surface area (Å²) in [6.45, 7) is 2.85. The molecule has 0 fully saturated rings. The van der Waals surface area contributed by atoms with Gasteiger partial charge >= 0.3 is 5.97 Å². The highest BCUT2D eigenvalue weighted by atomic mass is 16.4. The van der Waals surface area contributed by atoms with Gasteiger partial charge in [0, 0.05) is 12.7 Å².